The third kappa shape index (κ3) is 4.77. The van der Waals surface area contributed by atoms with Gasteiger partial charge < -0.3 is 19.8 Å². The lowest BCUT2D eigenvalue weighted by molar-refractivity contribution is 0.483. The Hall–Kier alpha value is -3.29. The minimum Gasteiger partial charge on any atom is -0.457 e. The second-order valence-corrected chi connectivity index (χ2v) is 6.96. The normalized spacial score (nSPS) is 10.5. The van der Waals surface area contributed by atoms with Crippen molar-refractivity contribution in [2.24, 2.45) is 0 Å². The lowest BCUT2D eigenvalue weighted by Gasteiger charge is -2.11. The molecule has 0 fully saturated rings. The molecule has 0 amide bonds. The molecule has 0 saturated heterocycles. The molecule has 0 saturated carbocycles. The maximum absolute atomic E-state index is 13.3. The van der Waals surface area contributed by atoms with Crippen LogP contribution in [0.4, 0.5) is 10.1 Å². The highest BCUT2D eigenvalue weighted by atomic mass is 32.1. The van der Waals surface area contributed by atoms with Gasteiger partial charge in [-0.25, -0.2) is 4.39 Å². The Morgan fingerprint density at radius 2 is 1.59 bits per heavy atom. The molecule has 0 aliphatic heterocycles. The summed E-state index contributed by atoms with van der Waals surface area (Å²) >= 11 is 10.6. The third-order valence-corrected chi connectivity index (χ3v) is 4.53. The minimum atomic E-state index is -0.333. The van der Waals surface area contributed by atoms with E-state index in [-0.39, 0.29) is 5.82 Å². The van der Waals surface area contributed by atoms with Crippen LogP contribution < -0.4 is 15.4 Å². The average Bonchev–Trinajstić information content (AvgIpc) is 3.13. The van der Waals surface area contributed by atoms with E-state index >= 15 is 0 Å². The van der Waals surface area contributed by atoms with E-state index in [1.165, 1.54) is 12.1 Å². The van der Waals surface area contributed by atoms with Crippen LogP contribution in [0.1, 0.15) is 5.76 Å². The molecule has 4 nitrogen and oxygen atoms in total. The molecule has 144 valence electrons. The van der Waals surface area contributed by atoms with Crippen LogP contribution in [0, 0.1) is 5.82 Å². The van der Waals surface area contributed by atoms with Gasteiger partial charge in [-0.1, -0.05) is 30.4 Å². The number of rotatable bonds is 4. The summed E-state index contributed by atoms with van der Waals surface area (Å²) < 4.78 is 24.7. The molecule has 1 aromatic heterocycles. The standard InChI is InChI=1S/C22H15FN2O2S2/c23-15-6-11-19-14(12-15)13-20(27-19)21(28)25-22(29)24-16-7-9-18(10-8-16)26-17-4-2-1-3-5-17/h1-13H,(H2,24,25,28,29). The lowest BCUT2D eigenvalue weighted by atomic mass is 10.2. The van der Waals surface area contributed by atoms with E-state index in [9.17, 15) is 4.39 Å². The van der Waals surface area contributed by atoms with E-state index in [1.54, 1.807) is 12.1 Å². The van der Waals surface area contributed by atoms with Crippen LogP contribution in [0.25, 0.3) is 11.0 Å². The highest BCUT2D eigenvalue weighted by Crippen LogP contribution is 2.23. The molecule has 0 aliphatic carbocycles. The van der Waals surface area contributed by atoms with Crippen molar-refractivity contribution in [1.82, 2.24) is 5.32 Å². The van der Waals surface area contributed by atoms with E-state index in [0.717, 1.165) is 11.4 Å². The fourth-order valence-electron chi connectivity index (χ4n) is 2.68. The Morgan fingerprint density at radius 3 is 2.34 bits per heavy atom. The zero-order valence-electron chi connectivity index (χ0n) is 15.0. The molecule has 0 bridgehead atoms. The molecule has 1 heterocycles. The number of ether oxygens (including phenoxy) is 1. The van der Waals surface area contributed by atoms with Gasteiger partial charge >= 0.3 is 0 Å². The van der Waals surface area contributed by atoms with E-state index < -0.39 is 0 Å². The topological polar surface area (TPSA) is 46.4 Å². The summed E-state index contributed by atoms with van der Waals surface area (Å²) in [7, 11) is 0. The van der Waals surface area contributed by atoms with Crippen LogP contribution in [0.2, 0.25) is 0 Å². The SMILES string of the molecule is Fc1ccc2oc(C(=S)NC(=S)Nc3ccc(Oc4ccccc4)cc3)cc2c1. The van der Waals surface area contributed by atoms with E-state index in [0.29, 0.717) is 32.6 Å². The number of fused-ring (bicyclic) bond motifs is 1. The van der Waals surface area contributed by atoms with E-state index in [4.69, 9.17) is 33.6 Å². The Balaban J connectivity index is 1.36. The number of hydrogen-bond acceptors (Lipinski definition) is 4. The highest BCUT2D eigenvalue weighted by Gasteiger charge is 2.11. The van der Waals surface area contributed by atoms with Gasteiger partial charge in [0.15, 0.2) is 10.9 Å². The van der Waals surface area contributed by atoms with E-state index in [1.807, 2.05) is 54.6 Å². The fourth-order valence-corrected chi connectivity index (χ4v) is 3.17. The molecule has 0 unspecified atom stereocenters. The van der Waals surface area contributed by atoms with Crippen LogP contribution in [-0.4, -0.2) is 10.1 Å². The number of anilines is 1. The summed E-state index contributed by atoms with van der Waals surface area (Å²) in [6.45, 7) is 0. The van der Waals surface area contributed by atoms with Crippen molar-refractivity contribution >= 4 is 51.2 Å². The van der Waals surface area contributed by atoms with Gasteiger partial charge in [0.1, 0.15) is 27.9 Å². The Bertz CT molecular complexity index is 1170. The molecule has 2 N–H and O–H groups in total. The third-order valence-electron chi connectivity index (χ3n) is 4.02. The molecule has 0 atom stereocenters. The van der Waals surface area contributed by atoms with E-state index in [2.05, 4.69) is 10.6 Å². The lowest BCUT2D eigenvalue weighted by Crippen LogP contribution is -2.33. The van der Waals surface area contributed by atoms with Crippen LogP contribution in [0.5, 0.6) is 11.5 Å². The maximum Gasteiger partial charge on any atom is 0.175 e. The zero-order valence-corrected chi connectivity index (χ0v) is 16.6. The molecular formula is C22H15FN2O2S2. The van der Waals surface area contributed by atoms with Gasteiger partial charge in [0, 0.05) is 11.1 Å². The molecule has 0 aliphatic rings. The number of nitrogens with one attached hydrogen (secondary N) is 2. The number of furan rings is 1. The number of thiocarbonyl (C=S) groups is 2. The van der Waals surface area contributed by atoms with Crippen LogP contribution in [-0.2, 0) is 0 Å². The zero-order chi connectivity index (χ0) is 20.2. The van der Waals surface area contributed by atoms with Gasteiger partial charge in [0.25, 0.3) is 0 Å². The maximum atomic E-state index is 13.3. The molecule has 4 rings (SSSR count). The molecule has 0 spiro atoms. The van der Waals surface area contributed by atoms with Crippen molar-refractivity contribution in [3.05, 3.63) is 90.4 Å². The second kappa shape index (κ2) is 8.38. The number of benzene rings is 3. The highest BCUT2D eigenvalue weighted by molar-refractivity contribution is 7.82. The predicted octanol–water partition coefficient (Wildman–Crippen LogP) is 6.03. The van der Waals surface area contributed by atoms with Gasteiger partial charge in [-0.15, -0.1) is 0 Å². The second-order valence-electron chi connectivity index (χ2n) is 6.14. The smallest absolute Gasteiger partial charge is 0.175 e. The molecule has 7 heteroatoms. The monoisotopic (exact) mass is 422 g/mol. The molecule has 3 aromatic carbocycles. The Kier molecular flexibility index (Phi) is 5.50. The summed E-state index contributed by atoms with van der Waals surface area (Å²) in [5, 5.41) is 6.91. The first-order valence-corrected chi connectivity index (χ1v) is 9.53. The van der Waals surface area contributed by atoms with Gasteiger partial charge in [-0.2, -0.15) is 0 Å². The van der Waals surface area contributed by atoms with Gasteiger partial charge in [0.05, 0.1) is 0 Å². The summed E-state index contributed by atoms with van der Waals surface area (Å²) in [5.41, 5.74) is 1.33. The largest absolute Gasteiger partial charge is 0.457 e. The summed E-state index contributed by atoms with van der Waals surface area (Å²) in [6.07, 6.45) is 0. The number of para-hydroxylation sites is 1. The number of hydrogen-bond donors (Lipinski definition) is 2. The van der Waals surface area contributed by atoms with Crippen molar-refractivity contribution in [2.45, 2.75) is 0 Å². The number of halogens is 1. The van der Waals surface area contributed by atoms with Crippen molar-refractivity contribution in [2.75, 3.05) is 5.32 Å². The quantitative estimate of drug-likeness (QED) is 0.392. The summed E-state index contributed by atoms with van der Waals surface area (Å²) in [4.78, 5) is 0.308. The molecule has 4 aromatic rings. The minimum absolute atomic E-state index is 0.308. The molecule has 29 heavy (non-hydrogen) atoms. The fraction of sp³-hybridized carbons (Fsp3) is 0. The van der Waals surface area contributed by atoms with Crippen molar-refractivity contribution in [1.29, 1.82) is 0 Å². The Morgan fingerprint density at radius 1 is 0.862 bits per heavy atom. The molecular weight excluding hydrogens is 407 g/mol. The summed E-state index contributed by atoms with van der Waals surface area (Å²) in [6, 6.07) is 22.9. The van der Waals surface area contributed by atoms with Gasteiger partial charge in [0.2, 0.25) is 0 Å². The van der Waals surface area contributed by atoms with Crippen LogP contribution >= 0.6 is 24.4 Å². The first-order chi connectivity index (χ1) is 14.1. The Labute approximate surface area is 177 Å². The van der Waals surface area contributed by atoms with Crippen molar-refractivity contribution in [3.8, 4) is 11.5 Å². The van der Waals surface area contributed by atoms with Crippen molar-refractivity contribution < 1.29 is 13.5 Å². The van der Waals surface area contributed by atoms with Gasteiger partial charge in [-0.3, -0.25) is 0 Å². The van der Waals surface area contributed by atoms with Crippen LogP contribution in [0.3, 0.4) is 0 Å². The molecule has 0 radical (unpaired) electrons. The predicted molar refractivity (Wildman–Crippen MR) is 120 cm³/mol. The first-order valence-electron chi connectivity index (χ1n) is 8.71. The first kappa shape index (κ1) is 19.0. The van der Waals surface area contributed by atoms with Gasteiger partial charge in [-0.05, 0) is 72.9 Å². The van der Waals surface area contributed by atoms with Crippen LogP contribution in [0.15, 0.2) is 83.3 Å². The average molecular weight is 423 g/mol. The summed E-state index contributed by atoms with van der Waals surface area (Å²) in [5.74, 6) is 1.56. The van der Waals surface area contributed by atoms with Crippen molar-refractivity contribution in [3.63, 3.8) is 0 Å².